The van der Waals surface area contributed by atoms with Crippen molar-refractivity contribution in [2.75, 3.05) is 13.2 Å². The first kappa shape index (κ1) is 15.2. The van der Waals surface area contributed by atoms with Crippen molar-refractivity contribution in [2.45, 2.75) is 55.7 Å². The molecule has 2 N–H and O–H groups in total. The largest absolute Gasteiger partial charge is 0.540 e. The van der Waals surface area contributed by atoms with Gasteiger partial charge in [0.15, 0.2) is 5.79 Å². The Morgan fingerprint density at radius 1 is 1.06 bits per heavy atom. The van der Waals surface area contributed by atoms with E-state index in [1.807, 2.05) is 0 Å². The summed E-state index contributed by atoms with van der Waals surface area (Å²) in [6.07, 6.45) is 4.54. The van der Waals surface area contributed by atoms with Gasteiger partial charge in [-0.1, -0.05) is 6.42 Å². The Kier molecular flexibility index (Phi) is 4.82. The Balaban J connectivity index is 0.00000120. The maximum atomic E-state index is 9.41. The SMILES string of the molecule is OCC1(CO)O[CH-]C2OC3(CCCCC3)OC21.[U]. The molecule has 2 saturated heterocycles. The minimum Gasteiger partial charge on any atom is -0.540 e. The van der Waals surface area contributed by atoms with E-state index >= 15 is 0 Å². The first-order chi connectivity index (χ1) is 8.24. The van der Waals surface area contributed by atoms with Crippen LogP contribution in [-0.4, -0.2) is 47.0 Å². The number of hydrogen-bond donors (Lipinski definition) is 2. The number of aliphatic hydroxyl groups is 2. The van der Waals surface area contributed by atoms with Crippen molar-refractivity contribution < 1.29 is 55.5 Å². The summed E-state index contributed by atoms with van der Waals surface area (Å²) in [6, 6.07) is 0. The monoisotopic (exact) mass is 481 g/mol. The second-order valence-electron chi connectivity index (χ2n) is 5.23. The number of fused-ring (bicyclic) bond motifs is 1. The van der Waals surface area contributed by atoms with E-state index in [4.69, 9.17) is 14.2 Å². The van der Waals surface area contributed by atoms with Crippen molar-refractivity contribution in [3.05, 3.63) is 6.61 Å². The Morgan fingerprint density at radius 3 is 2.33 bits per heavy atom. The summed E-state index contributed by atoms with van der Waals surface area (Å²) >= 11 is 0. The third-order valence-corrected chi connectivity index (χ3v) is 4.10. The van der Waals surface area contributed by atoms with Gasteiger partial charge >= 0.3 is 0 Å². The molecule has 0 amide bonds. The van der Waals surface area contributed by atoms with Crippen LogP contribution in [0.25, 0.3) is 0 Å². The van der Waals surface area contributed by atoms with E-state index in [0.717, 1.165) is 25.7 Å². The maximum absolute atomic E-state index is 9.41. The molecule has 0 aromatic heterocycles. The molecule has 102 valence electrons. The van der Waals surface area contributed by atoms with Crippen molar-refractivity contribution in [3.8, 4) is 0 Å². The van der Waals surface area contributed by atoms with Crippen LogP contribution in [-0.2, 0) is 14.2 Å². The molecule has 6 heteroatoms. The van der Waals surface area contributed by atoms with E-state index in [-0.39, 0.29) is 50.4 Å². The smallest absolute Gasteiger partial charge is 0.166 e. The van der Waals surface area contributed by atoms with Crippen LogP contribution < -0.4 is 0 Å². The van der Waals surface area contributed by atoms with Gasteiger partial charge in [0.1, 0.15) is 5.60 Å². The molecular weight excluding hydrogens is 462 g/mol. The van der Waals surface area contributed by atoms with E-state index in [9.17, 15) is 10.2 Å². The summed E-state index contributed by atoms with van der Waals surface area (Å²) in [4.78, 5) is 0. The zero-order valence-corrected chi connectivity index (χ0v) is 14.5. The zero-order valence-electron chi connectivity index (χ0n) is 10.3. The van der Waals surface area contributed by atoms with Crippen molar-refractivity contribution in [1.82, 2.24) is 0 Å². The molecule has 3 aliphatic rings. The fourth-order valence-electron chi connectivity index (χ4n) is 3.04. The molecule has 3 fully saturated rings. The summed E-state index contributed by atoms with van der Waals surface area (Å²) in [6.45, 7) is 1.03. The topological polar surface area (TPSA) is 68.2 Å². The molecule has 1 aliphatic carbocycles. The number of rotatable bonds is 2. The van der Waals surface area contributed by atoms with Gasteiger partial charge in [-0.05, 0) is 18.9 Å². The molecule has 0 radical (unpaired) electrons. The van der Waals surface area contributed by atoms with Gasteiger partial charge in [0.2, 0.25) is 0 Å². The van der Waals surface area contributed by atoms with Gasteiger partial charge in [0.25, 0.3) is 0 Å². The van der Waals surface area contributed by atoms with Gasteiger partial charge in [-0.2, -0.15) is 6.61 Å². The predicted octanol–water partition coefficient (Wildman–Crippen LogP) is 0.346. The van der Waals surface area contributed by atoms with E-state index in [1.165, 1.54) is 6.42 Å². The second-order valence-corrected chi connectivity index (χ2v) is 5.23. The van der Waals surface area contributed by atoms with Crippen molar-refractivity contribution in [3.63, 3.8) is 0 Å². The number of aliphatic hydroxyl groups excluding tert-OH is 2. The second kappa shape index (κ2) is 5.69. The molecule has 0 aromatic rings. The Morgan fingerprint density at radius 2 is 1.72 bits per heavy atom. The van der Waals surface area contributed by atoms with E-state index in [2.05, 4.69) is 0 Å². The van der Waals surface area contributed by atoms with Crippen LogP contribution in [0.5, 0.6) is 0 Å². The number of hydrogen-bond acceptors (Lipinski definition) is 5. The van der Waals surface area contributed by atoms with Crippen LogP contribution in [0.15, 0.2) is 0 Å². The molecular formula is C12H19O5U-. The number of ether oxygens (including phenoxy) is 3. The molecule has 1 spiro atoms. The standard InChI is InChI=1S/C12H19O5.U/c13-7-11(8-14)10-9(6-15-11)16-12(17-10)4-2-1-3-5-12;/h6,9-10,13-14H,1-5,7-8H2;/q-1;. The average Bonchev–Trinajstić information content (AvgIpc) is 2.86. The summed E-state index contributed by atoms with van der Waals surface area (Å²) in [5.41, 5.74) is -1.04. The molecule has 2 heterocycles. The molecule has 2 atom stereocenters. The van der Waals surface area contributed by atoms with Gasteiger partial charge in [-0.3, -0.25) is 0 Å². The molecule has 0 aromatic carbocycles. The van der Waals surface area contributed by atoms with Crippen molar-refractivity contribution >= 4 is 0 Å². The summed E-state index contributed by atoms with van der Waals surface area (Å²) in [5.74, 6) is -0.510. The molecule has 18 heavy (non-hydrogen) atoms. The van der Waals surface area contributed by atoms with Crippen LogP contribution in [0.3, 0.4) is 0 Å². The normalized spacial score (nSPS) is 36.3. The molecule has 0 bridgehead atoms. The van der Waals surface area contributed by atoms with Gasteiger partial charge in [-0.15, -0.1) is 0 Å². The van der Waals surface area contributed by atoms with Gasteiger partial charge in [-0.25, -0.2) is 0 Å². The third kappa shape index (κ3) is 2.31. The van der Waals surface area contributed by atoms with Gasteiger partial charge < -0.3 is 24.4 Å². The van der Waals surface area contributed by atoms with Crippen LogP contribution in [0.4, 0.5) is 0 Å². The van der Waals surface area contributed by atoms with Crippen molar-refractivity contribution in [1.29, 1.82) is 0 Å². The minimum absolute atomic E-state index is 0. The Bertz CT molecular complexity index is 288. The molecule has 5 nitrogen and oxygen atoms in total. The Hall–Kier alpha value is 0.852. The summed E-state index contributed by atoms with van der Waals surface area (Å²) in [7, 11) is 0. The van der Waals surface area contributed by atoms with E-state index in [0.29, 0.717) is 0 Å². The molecule has 2 unspecified atom stereocenters. The van der Waals surface area contributed by atoms with Gasteiger partial charge in [0.05, 0.1) is 19.3 Å². The molecule has 3 rings (SSSR count). The Labute approximate surface area is 131 Å². The van der Waals surface area contributed by atoms with Crippen LogP contribution >= 0.6 is 0 Å². The molecule has 1 saturated carbocycles. The average molecular weight is 481 g/mol. The first-order valence-corrected chi connectivity index (χ1v) is 6.32. The van der Waals surface area contributed by atoms with Crippen molar-refractivity contribution in [2.24, 2.45) is 0 Å². The minimum atomic E-state index is -1.04. The zero-order chi connectivity index (χ0) is 11.9. The summed E-state index contributed by atoms with van der Waals surface area (Å²) < 4.78 is 17.3. The van der Waals surface area contributed by atoms with Crippen LogP contribution in [0.2, 0.25) is 0 Å². The van der Waals surface area contributed by atoms with Crippen LogP contribution in [0, 0.1) is 37.7 Å². The van der Waals surface area contributed by atoms with E-state index in [1.54, 1.807) is 6.61 Å². The fourth-order valence-corrected chi connectivity index (χ4v) is 3.04. The predicted molar refractivity (Wildman–Crippen MR) is 57.8 cm³/mol. The summed E-state index contributed by atoms with van der Waals surface area (Å²) in [5, 5.41) is 18.8. The fraction of sp³-hybridized carbons (Fsp3) is 0.917. The quantitative estimate of drug-likeness (QED) is 0.558. The first-order valence-electron chi connectivity index (χ1n) is 6.32. The van der Waals surface area contributed by atoms with Crippen LogP contribution in [0.1, 0.15) is 32.1 Å². The maximum Gasteiger partial charge on any atom is 0.166 e. The molecule has 2 aliphatic heterocycles. The van der Waals surface area contributed by atoms with E-state index < -0.39 is 17.5 Å². The third-order valence-electron chi connectivity index (χ3n) is 4.10. The van der Waals surface area contributed by atoms with Gasteiger partial charge in [0, 0.05) is 44.0 Å².